The van der Waals surface area contributed by atoms with Gasteiger partial charge in [-0.15, -0.1) is 0 Å². The molecule has 1 fully saturated rings. The summed E-state index contributed by atoms with van der Waals surface area (Å²) in [6.07, 6.45) is 0. The van der Waals surface area contributed by atoms with E-state index in [1.54, 1.807) is 0 Å². The van der Waals surface area contributed by atoms with Gasteiger partial charge in [-0.3, -0.25) is 9.78 Å². The molecule has 19 heavy (non-hydrogen) atoms. The molecule has 2 N–H and O–H groups in total. The van der Waals surface area contributed by atoms with Crippen molar-refractivity contribution >= 4 is 16.9 Å². The summed E-state index contributed by atoms with van der Waals surface area (Å²) >= 11 is 0. The lowest BCUT2D eigenvalue weighted by Crippen LogP contribution is -2.20. The molecule has 0 bridgehead atoms. The SMILES string of the molecule is Cc1ccc2cc(C3CNCC3C(=O)O)ccc2n1. The highest BCUT2D eigenvalue weighted by atomic mass is 16.4. The highest BCUT2D eigenvalue weighted by Crippen LogP contribution is 2.30. The molecule has 2 unspecified atom stereocenters. The topological polar surface area (TPSA) is 62.2 Å². The van der Waals surface area contributed by atoms with E-state index in [1.807, 2.05) is 31.2 Å². The predicted octanol–water partition coefficient (Wildman–Crippen LogP) is 1.93. The van der Waals surface area contributed by atoms with E-state index < -0.39 is 5.97 Å². The average Bonchev–Trinajstić information content (AvgIpc) is 2.87. The second kappa shape index (κ2) is 4.63. The van der Waals surface area contributed by atoms with E-state index in [1.165, 1.54) is 0 Å². The number of pyridine rings is 1. The minimum atomic E-state index is -0.725. The van der Waals surface area contributed by atoms with Crippen molar-refractivity contribution in [2.45, 2.75) is 12.8 Å². The Balaban J connectivity index is 2.01. The number of carbonyl (C=O) groups is 1. The van der Waals surface area contributed by atoms with Crippen LogP contribution in [0.4, 0.5) is 0 Å². The van der Waals surface area contributed by atoms with Crippen LogP contribution in [0.15, 0.2) is 30.3 Å². The van der Waals surface area contributed by atoms with Gasteiger partial charge in [0.25, 0.3) is 0 Å². The molecule has 1 aliphatic rings. The lowest BCUT2D eigenvalue weighted by molar-refractivity contribution is -0.141. The number of carboxylic acid groups (broad SMARTS) is 1. The van der Waals surface area contributed by atoms with Crippen molar-refractivity contribution in [3.63, 3.8) is 0 Å². The maximum Gasteiger partial charge on any atom is 0.308 e. The molecule has 2 heterocycles. The molecule has 0 amide bonds. The highest BCUT2D eigenvalue weighted by Gasteiger charge is 2.33. The van der Waals surface area contributed by atoms with Crippen molar-refractivity contribution in [2.24, 2.45) is 5.92 Å². The van der Waals surface area contributed by atoms with Crippen LogP contribution in [-0.2, 0) is 4.79 Å². The van der Waals surface area contributed by atoms with Crippen LogP contribution in [0.3, 0.4) is 0 Å². The predicted molar refractivity (Wildman–Crippen MR) is 73.2 cm³/mol. The number of rotatable bonds is 2. The third-order valence-corrected chi connectivity index (χ3v) is 3.81. The molecule has 0 spiro atoms. The Morgan fingerprint density at radius 3 is 2.95 bits per heavy atom. The molecular weight excluding hydrogens is 240 g/mol. The monoisotopic (exact) mass is 256 g/mol. The van der Waals surface area contributed by atoms with Crippen LogP contribution < -0.4 is 5.32 Å². The Labute approximate surface area is 111 Å². The van der Waals surface area contributed by atoms with E-state index in [-0.39, 0.29) is 11.8 Å². The number of carboxylic acids is 1. The van der Waals surface area contributed by atoms with Gasteiger partial charge in [0.15, 0.2) is 0 Å². The molecule has 2 aromatic rings. The minimum Gasteiger partial charge on any atom is -0.481 e. The minimum absolute atomic E-state index is 0.0446. The smallest absolute Gasteiger partial charge is 0.308 e. The van der Waals surface area contributed by atoms with Gasteiger partial charge in [-0.2, -0.15) is 0 Å². The van der Waals surface area contributed by atoms with E-state index >= 15 is 0 Å². The molecule has 98 valence electrons. The van der Waals surface area contributed by atoms with Gasteiger partial charge in [0.1, 0.15) is 0 Å². The second-order valence-electron chi connectivity index (χ2n) is 5.11. The Hall–Kier alpha value is -1.94. The van der Waals surface area contributed by atoms with Crippen molar-refractivity contribution in [2.75, 3.05) is 13.1 Å². The maximum absolute atomic E-state index is 11.2. The quantitative estimate of drug-likeness (QED) is 0.862. The van der Waals surface area contributed by atoms with Crippen LogP contribution in [0.25, 0.3) is 10.9 Å². The van der Waals surface area contributed by atoms with Gasteiger partial charge in [0, 0.05) is 30.1 Å². The third-order valence-electron chi connectivity index (χ3n) is 3.81. The highest BCUT2D eigenvalue weighted by molar-refractivity contribution is 5.80. The third kappa shape index (κ3) is 2.19. The van der Waals surface area contributed by atoms with Gasteiger partial charge in [0.05, 0.1) is 11.4 Å². The summed E-state index contributed by atoms with van der Waals surface area (Å²) in [5.74, 6) is -1.02. The lowest BCUT2D eigenvalue weighted by Gasteiger charge is -2.15. The first-order valence-corrected chi connectivity index (χ1v) is 6.46. The van der Waals surface area contributed by atoms with Crippen LogP contribution in [0.1, 0.15) is 17.2 Å². The number of fused-ring (bicyclic) bond motifs is 1. The zero-order valence-electron chi connectivity index (χ0n) is 10.8. The van der Waals surface area contributed by atoms with E-state index in [0.717, 1.165) is 28.7 Å². The zero-order valence-corrected chi connectivity index (χ0v) is 10.8. The average molecular weight is 256 g/mol. The van der Waals surface area contributed by atoms with Crippen molar-refractivity contribution in [3.05, 3.63) is 41.6 Å². The molecule has 0 radical (unpaired) electrons. The summed E-state index contributed by atoms with van der Waals surface area (Å²) in [6.45, 7) is 3.24. The summed E-state index contributed by atoms with van der Waals surface area (Å²) in [7, 11) is 0. The van der Waals surface area contributed by atoms with E-state index in [4.69, 9.17) is 0 Å². The molecule has 1 aromatic heterocycles. The molecule has 1 aromatic carbocycles. The summed E-state index contributed by atoms with van der Waals surface area (Å²) in [5.41, 5.74) is 3.03. The van der Waals surface area contributed by atoms with Gasteiger partial charge < -0.3 is 10.4 Å². The summed E-state index contributed by atoms with van der Waals surface area (Å²) in [5, 5.41) is 13.5. The van der Waals surface area contributed by atoms with Crippen molar-refractivity contribution in [1.82, 2.24) is 10.3 Å². The summed E-state index contributed by atoms with van der Waals surface area (Å²) in [4.78, 5) is 15.7. The number of aliphatic carboxylic acids is 1. The first-order valence-electron chi connectivity index (χ1n) is 6.46. The molecule has 0 saturated carbocycles. The molecule has 2 atom stereocenters. The largest absolute Gasteiger partial charge is 0.481 e. The number of hydrogen-bond donors (Lipinski definition) is 2. The molecule has 4 heteroatoms. The van der Waals surface area contributed by atoms with Crippen LogP contribution in [-0.4, -0.2) is 29.1 Å². The number of aromatic nitrogens is 1. The Morgan fingerprint density at radius 1 is 1.32 bits per heavy atom. The summed E-state index contributed by atoms with van der Waals surface area (Å²) < 4.78 is 0. The van der Waals surface area contributed by atoms with E-state index in [2.05, 4.69) is 16.4 Å². The number of nitrogens with one attached hydrogen (secondary N) is 1. The summed E-state index contributed by atoms with van der Waals surface area (Å²) in [6, 6.07) is 10.1. The fourth-order valence-corrected chi connectivity index (χ4v) is 2.77. The van der Waals surface area contributed by atoms with Gasteiger partial charge >= 0.3 is 5.97 Å². The van der Waals surface area contributed by atoms with Gasteiger partial charge in [-0.1, -0.05) is 12.1 Å². The Morgan fingerprint density at radius 2 is 2.16 bits per heavy atom. The van der Waals surface area contributed by atoms with Gasteiger partial charge in [-0.25, -0.2) is 0 Å². The van der Waals surface area contributed by atoms with E-state index in [0.29, 0.717) is 6.54 Å². The molecule has 0 aliphatic carbocycles. The fraction of sp³-hybridized carbons (Fsp3) is 0.333. The van der Waals surface area contributed by atoms with Crippen molar-refractivity contribution in [3.8, 4) is 0 Å². The number of nitrogens with zero attached hydrogens (tertiary/aromatic N) is 1. The lowest BCUT2D eigenvalue weighted by atomic mass is 9.88. The standard InChI is InChI=1S/C15H16N2O2/c1-9-2-3-11-6-10(4-5-14(11)17-9)12-7-16-8-13(12)15(18)19/h2-6,12-13,16H,7-8H2,1H3,(H,18,19). The first kappa shape index (κ1) is 12.1. The van der Waals surface area contributed by atoms with Crippen LogP contribution in [0.5, 0.6) is 0 Å². The fourth-order valence-electron chi connectivity index (χ4n) is 2.77. The molecular formula is C15H16N2O2. The van der Waals surface area contributed by atoms with Crippen LogP contribution in [0, 0.1) is 12.8 Å². The first-order chi connectivity index (χ1) is 9.15. The molecule has 1 aliphatic heterocycles. The molecule has 1 saturated heterocycles. The van der Waals surface area contributed by atoms with E-state index in [9.17, 15) is 9.90 Å². The van der Waals surface area contributed by atoms with Crippen molar-refractivity contribution < 1.29 is 9.90 Å². The number of benzene rings is 1. The Bertz CT molecular complexity index is 639. The maximum atomic E-state index is 11.2. The Kier molecular flexibility index (Phi) is 2.95. The molecule has 4 nitrogen and oxygen atoms in total. The second-order valence-corrected chi connectivity index (χ2v) is 5.11. The van der Waals surface area contributed by atoms with Crippen LogP contribution in [0.2, 0.25) is 0 Å². The zero-order chi connectivity index (χ0) is 13.4. The van der Waals surface area contributed by atoms with Gasteiger partial charge in [0.2, 0.25) is 0 Å². The number of aryl methyl sites for hydroxylation is 1. The van der Waals surface area contributed by atoms with Crippen molar-refractivity contribution in [1.29, 1.82) is 0 Å². The molecule has 3 rings (SSSR count). The van der Waals surface area contributed by atoms with Gasteiger partial charge in [-0.05, 0) is 30.7 Å². The van der Waals surface area contributed by atoms with Crippen LogP contribution >= 0.6 is 0 Å². The number of hydrogen-bond acceptors (Lipinski definition) is 3. The normalized spacial score (nSPS) is 22.8.